The van der Waals surface area contributed by atoms with Crippen LogP contribution in [-0.2, 0) is 0 Å². The van der Waals surface area contributed by atoms with Crippen LogP contribution in [0.5, 0.6) is 0 Å². The second-order valence-electron chi connectivity index (χ2n) is 8.87. The maximum Gasteiger partial charge on any atom is 0.139 e. The lowest BCUT2D eigenvalue weighted by Gasteiger charge is -2.26. The number of hydrogen-bond acceptors (Lipinski definition) is 0. The van der Waals surface area contributed by atoms with Gasteiger partial charge in [-0.25, -0.2) is 0 Å². The Balaban J connectivity index is 2.49. The van der Waals surface area contributed by atoms with Crippen LogP contribution in [0.2, 0.25) is 0 Å². The van der Waals surface area contributed by atoms with Crippen LogP contribution in [0.3, 0.4) is 0 Å². The van der Waals surface area contributed by atoms with Crippen LogP contribution in [0, 0.1) is 6.92 Å². The fraction of sp³-hybridized carbons (Fsp3) is 0.0476. The van der Waals surface area contributed by atoms with Gasteiger partial charge in [0.05, 0.1) is 0 Å². The van der Waals surface area contributed by atoms with Gasteiger partial charge >= 0.3 is 0 Å². The second kappa shape index (κ2) is 7.01. The minimum Gasteiger partial charge on any atom is -0.101 e. The smallest absolute Gasteiger partial charge is 0.101 e. The van der Waals surface area contributed by atoms with Crippen molar-refractivity contribution in [2.24, 2.45) is 0 Å². The Morgan fingerprint density at radius 3 is 1.17 bits per heavy atom. The number of aryl methyl sites for hydroxylation is 1. The van der Waals surface area contributed by atoms with E-state index in [1.165, 1.54) is 81.9 Å². The summed E-state index contributed by atoms with van der Waals surface area (Å²) < 4.78 is 0. The summed E-state index contributed by atoms with van der Waals surface area (Å²) in [5, 5.41) is 5.77. The van der Waals surface area contributed by atoms with Crippen LogP contribution in [0.4, 0.5) is 0 Å². The molecule has 0 spiro atoms. The van der Waals surface area contributed by atoms with Crippen molar-refractivity contribution in [3.05, 3.63) is 35.9 Å². The lowest BCUT2D eigenvalue weighted by molar-refractivity contribution is 1.61. The van der Waals surface area contributed by atoms with E-state index >= 15 is 0 Å². The number of rotatable bonds is 1. The summed E-state index contributed by atoms with van der Waals surface area (Å²) >= 11 is 0. The van der Waals surface area contributed by atoms with E-state index in [9.17, 15) is 0 Å². The Morgan fingerprint density at radius 1 is 0.448 bits per heavy atom. The molecule has 0 saturated heterocycles. The van der Waals surface area contributed by atoms with Crippen LogP contribution >= 0.6 is 0 Å². The van der Waals surface area contributed by atoms with Gasteiger partial charge in [0, 0.05) is 0 Å². The molecule has 0 atom stereocenters. The van der Waals surface area contributed by atoms with Gasteiger partial charge in [-0.2, -0.15) is 0 Å². The van der Waals surface area contributed by atoms with Crippen molar-refractivity contribution < 1.29 is 0 Å². The zero-order valence-electron chi connectivity index (χ0n) is 19.4. The van der Waals surface area contributed by atoms with Gasteiger partial charge in [-0.15, -0.1) is 21.9 Å². The summed E-state index contributed by atoms with van der Waals surface area (Å²) in [6, 6.07) is 11.0. The molecule has 132 valence electrons. The molecule has 8 heteroatoms. The molecule has 4 rings (SSSR count). The number of benzene rings is 4. The number of fused-ring (bicyclic) bond motifs is 2. The summed E-state index contributed by atoms with van der Waals surface area (Å²) in [5.74, 6) is 0. The van der Waals surface area contributed by atoms with Crippen molar-refractivity contribution in [3.63, 3.8) is 0 Å². The molecule has 4 aromatic rings. The van der Waals surface area contributed by atoms with E-state index in [-0.39, 0.29) is 0 Å². The molecule has 0 heterocycles. The van der Waals surface area contributed by atoms with Crippen LogP contribution in [0.1, 0.15) is 5.56 Å². The van der Waals surface area contributed by atoms with E-state index in [2.05, 4.69) is 100 Å². The predicted molar refractivity (Wildman–Crippen MR) is 157 cm³/mol. The van der Waals surface area contributed by atoms with Gasteiger partial charge in [0.2, 0.25) is 0 Å². The first kappa shape index (κ1) is 20.2. The average Bonchev–Trinajstić information content (AvgIpc) is 2.72. The van der Waals surface area contributed by atoms with E-state index in [1.54, 1.807) is 0 Å². The molecule has 0 nitrogen and oxygen atoms in total. The highest BCUT2D eigenvalue weighted by molar-refractivity contribution is 6.70. The average molecular weight is 363 g/mol. The van der Waals surface area contributed by atoms with Gasteiger partial charge < -0.3 is 0 Å². The fourth-order valence-corrected chi connectivity index (χ4v) is 5.33. The lowest BCUT2D eigenvalue weighted by atomic mass is 9.60. The van der Waals surface area contributed by atoms with Crippen LogP contribution in [-0.4, -0.2) is 62.8 Å². The third kappa shape index (κ3) is 2.71. The monoisotopic (exact) mass is 364 g/mol. The van der Waals surface area contributed by atoms with Gasteiger partial charge in [-0.3, -0.25) is 0 Å². The summed E-state index contributed by atoms with van der Waals surface area (Å²) in [6.45, 7) is 2.34. The van der Waals surface area contributed by atoms with E-state index < -0.39 is 0 Å². The Bertz CT molecular complexity index is 1250. The predicted octanol–water partition coefficient (Wildman–Crippen LogP) is -7.96. The quantitative estimate of drug-likeness (QED) is 0.233. The highest BCUT2D eigenvalue weighted by atomic mass is 14.2. The van der Waals surface area contributed by atoms with Crippen molar-refractivity contribution >= 4 is 128 Å². The van der Waals surface area contributed by atoms with E-state index in [0.29, 0.717) is 0 Å². The Kier molecular flexibility index (Phi) is 4.88. The van der Waals surface area contributed by atoms with Crippen molar-refractivity contribution in [2.45, 2.75) is 6.92 Å². The van der Waals surface area contributed by atoms with E-state index in [1.807, 2.05) is 0 Å². The second-order valence-corrected chi connectivity index (χ2v) is 8.87. The summed E-state index contributed by atoms with van der Waals surface area (Å²) in [5.41, 5.74) is 15.5. The molecular weight excluding hydrogens is 339 g/mol. The molecule has 0 aliphatic rings. The molecule has 0 aliphatic carbocycles. The maximum absolute atomic E-state index is 2.34. The molecule has 0 N–H and O–H groups in total. The van der Waals surface area contributed by atoms with E-state index in [0.717, 1.165) is 0 Å². The van der Waals surface area contributed by atoms with Gasteiger partial charge in [0.25, 0.3) is 0 Å². The summed E-state index contributed by atoms with van der Waals surface area (Å²) in [4.78, 5) is 0. The van der Waals surface area contributed by atoms with Crippen molar-refractivity contribution in [1.29, 1.82) is 0 Å². The van der Waals surface area contributed by atoms with E-state index in [4.69, 9.17) is 0 Å². The highest BCUT2D eigenvalue weighted by Gasteiger charge is 2.22. The third-order valence-electron chi connectivity index (χ3n) is 7.69. The third-order valence-corrected chi connectivity index (χ3v) is 7.69. The van der Waals surface area contributed by atoms with Gasteiger partial charge in [0.1, 0.15) is 62.8 Å². The lowest BCUT2D eigenvalue weighted by Crippen LogP contribution is -2.50. The molecule has 0 fully saturated rings. The van der Waals surface area contributed by atoms with Crippen molar-refractivity contribution in [2.75, 3.05) is 0 Å². The first-order valence-corrected chi connectivity index (χ1v) is 10.7. The highest BCUT2D eigenvalue weighted by Crippen LogP contribution is 2.35. The SMILES string of the molecule is Bc1c(B)c(B)c2c(-c3ccccc3)c3c(B)c(B)c(B)c(B)c3c(C)c2c1B. The molecule has 0 aliphatic heterocycles. The Hall–Kier alpha value is -2.08. The topological polar surface area (TPSA) is 0 Å². The van der Waals surface area contributed by atoms with Crippen LogP contribution in [0.25, 0.3) is 32.7 Å². The zero-order valence-corrected chi connectivity index (χ0v) is 19.4. The largest absolute Gasteiger partial charge is 0.139 e. The summed E-state index contributed by atoms with van der Waals surface area (Å²) in [6.07, 6.45) is 0. The molecular formula is C21H24B8. The van der Waals surface area contributed by atoms with Crippen LogP contribution < -0.4 is 43.7 Å². The molecule has 0 saturated carbocycles. The first-order chi connectivity index (χ1) is 13.7. The van der Waals surface area contributed by atoms with Crippen molar-refractivity contribution in [1.82, 2.24) is 0 Å². The van der Waals surface area contributed by atoms with Crippen LogP contribution in [0.15, 0.2) is 30.3 Å². The minimum absolute atomic E-state index is 1.32. The number of hydrogen-bond donors (Lipinski definition) is 0. The molecule has 0 radical (unpaired) electrons. The minimum atomic E-state index is 1.32. The molecule has 0 unspecified atom stereocenters. The molecule has 0 amide bonds. The van der Waals surface area contributed by atoms with Gasteiger partial charge in [-0.05, 0) is 45.2 Å². The van der Waals surface area contributed by atoms with Gasteiger partial charge in [-0.1, -0.05) is 52.2 Å². The van der Waals surface area contributed by atoms with Crippen molar-refractivity contribution in [3.8, 4) is 11.1 Å². The molecule has 0 aromatic heterocycles. The molecule has 4 aromatic carbocycles. The fourth-order valence-electron chi connectivity index (χ4n) is 5.33. The maximum atomic E-state index is 2.34. The molecule has 29 heavy (non-hydrogen) atoms. The Labute approximate surface area is 181 Å². The summed E-state index contributed by atoms with van der Waals surface area (Å²) in [7, 11) is 18.4. The van der Waals surface area contributed by atoms with Gasteiger partial charge in [0.15, 0.2) is 0 Å². The zero-order chi connectivity index (χ0) is 21.2. The molecule has 0 bridgehead atoms. The Morgan fingerprint density at radius 2 is 0.793 bits per heavy atom. The first-order valence-electron chi connectivity index (χ1n) is 10.7. The normalized spacial score (nSPS) is 11.3. The standard InChI is InChI=1S/C21H24B8/c1-7-9-12(16(24)20(28)18(26)14(9)22)11(8-5-3-2-4-6-8)13-10(7)15(23)19(27)21(29)17(13)25/h2-6H,22-29H2,1H3.